The van der Waals surface area contributed by atoms with Crippen molar-refractivity contribution >= 4 is 29.2 Å². The Bertz CT molecular complexity index is 766. The van der Waals surface area contributed by atoms with Crippen LogP contribution < -0.4 is 5.43 Å². The topological polar surface area (TPSA) is 61.2 Å². The highest BCUT2D eigenvalue weighted by Crippen LogP contribution is 2.26. The minimum atomic E-state index is -0.864. The second kappa shape index (κ2) is 5.83. The Labute approximate surface area is 128 Å². The first-order valence-corrected chi connectivity index (χ1v) is 6.44. The van der Waals surface area contributed by atoms with Crippen molar-refractivity contribution in [3.8, 4) is 5.69 Å². The van der Waals surface area contributed by atoms with Gasteiger partial charge in [0.1, 0.15) is 0 Å². The van der Waals surface area contributed by atoms with Gasteiger partial charge in [-0.2, -0.15) is 5.10 Å². The van der Waals surface area contributed by atoms with E-state index in [4.69, 9.17) is 23.2 Å². The quantitative estimate of drug-likeness (QED) is 0.627. The number of nitrogens with zero attached hydrogens (tertiary/aromatic N) is 2. The molecule has 0 radical (unpaired) electrons. The van der Waals surface area contributed by atoms with E-state index >= 15 is 0 Å². The van der Waals surface area contributed by atoms with Crippen LogP contribution in [0.1, 0.15) is 16.1 Å². The lowest BCUT2D eigenvalue weighted by atomic mass is 10.2. The molecule has 0 atom stereocenters. The lowest BCUT2D eigenvalue weighted by Gasteiger charge is -2.10. The first-order chi connectivity index (χ1) is 9.85. The lowest BCUT2D eigenvalue weighted by Crippen LogP contribution is -2.24. The second-order valence-corrected chi connectivity index (χ2v) is 4.96. The van der Waals surface area contributed by atoms with E-state index in [-0.39, 0.29) is 21.3 Å². The van der Waals surface area contributed by atoms with E-state index < -0.39 is 17.2 Å². The maximum atomic E-state index is 13.4. The van der Waals surface area contributed by atoms with Crippen LogP contribution in [0.2, 0.25) is 10.0 Å². The molecule has 2 rings (SSSR count). The summed E-state index contributed by atoms with van der Waals surface area (Å²) in [6.45, 7) is 1.51. The number of hydrogen-bond acceptors (Lipinski definition) is 4. The summed E-state index contributed by atoms with van der Waals surface area (Å²) in [7, 11) is 1.14. The molecule has 0 fully saturated rings. The molecule has 0 saturated carbocycles. The molecule has 110 valence electrons. The van der Waals surface area contributed by atoms with E-state index in [0.29, 0.717) is 5.69 Å². The fourth-order valence-electron chi connectivity index (χ4n) is 1.65. The van der Waals surface area contributed by atoms with E-state index in [1.807, 2.05) is 0 Å². The van der Waals surface area contributed by atoms with E-state index in [1.165, 1.54) is 29.9 Å². The monoisotopic (exact) mass is 330 g/mol. The second-order valence-electron chi connectivity index (χ2n) is 4.15. The predicted octanol–water partition coefficient (Wildman–Crippen LogP) is 2.77. The molecule has 0 spiro atoms. The number of ether oxygens (including phenoxy) is 1. The summed E-state index contributed by atoms with van der Waals surface area (Å²) in [4.78, 5) is 23.4. The molecular formula is C13H9Cl2FN2O3. The van der Waals surface area contributed by atoms with Crippen LogP contribution in [0.5, 0.6) is 0 Å². The van der Waals surface area contributed by atoms with Crippen molar-refractivity contribution in [1.82, 2.24) is 9.78 Å². The SMILES string of the molecule is COC(=O)c1nn(-c2cc(Cl)c(F)c(Cl)c2)cc(C)c1=O. The summed E-state index contributed by atoms with van der Waals surface area (Å²) in [5.41, 5.74) is -0.354. The number of esters is 1. The van der Waals surface area contributed by atoms with Crippen molar-refractivity contribution < 1.29 is 13.9 Å². The first kappa shape index (κ1) is 15.5. The third kappa shape index (κ3) is 2.91. The Balaban J connectivity index is 2.68. The van der Waals surface area contributed by atoms with E-state index in [1.54, 1.807) is 0 Å². The van der Waals surface area contributed by atoms with Gasteiger partial charge in [-0.15, -0.1) is 0 Å². The molecule has 8 heteroatoms. The molecule has 0 aliphatic carbocycles. The van der Waals surface area contributed by atoms with Crippen molar-refractivity contribution in [2.75, 3.05) is 7.11 Å². The summed E-state index contributed by atoms with van der Waals surface area (Å²) in [5.74, 6) is -1.62. The Kier molecular flexibility index (Phi) is 4.29. The van der Waals surface area contributed by atoms with Gasteiger partial charge in [0.05, 0.1) is 22.8 Å². The molecule has 0 amide bonds. The van der Waals surface area contributed by atoms with Crippen LogP contribution in [0.3, 0.4) is 0 Å². The molecule has 0 bridgehead atoms. The summed E-state index contributed by atoms with van der Waals surface area (Å²) in [5, 5.41) is 3.48. The van der Waals surface area contributed by atoms with Crippen LogP contribution in [0.4, 0.5) is 4.39 Å². The molecule has 0 aliphatic heterocycles. The molecule has 0 saturated heterocycles. The number of benzene rings is 1. The third-order valence-corrected chi connectivity index (χ3v) is 3.26. The van der Waals surface area contributed by atoms with Gasteiger partial charge in [-0.05, 0) is 19.1 Å². The Morgan fingerprint density at radius 2 is 1.90 bits per heavy atom. The minimum Gasteiger partial charge on any atom is -0.464 e. The molecule has 1 aromatic heterocycles. The van der Waals surface area contributed by atoms with Crippen molar-refractivity contribution in [2.45, 2.75) is 6.92 Å². The molecule has 0 unspecified atom stereocenters. The summed E-state index contributed by atoms with van der Waals surface area (Å²) >= 11 is 11.4. The number of hydrogen-bond donors (Lipinski definition) is 0. The normalized spacial score (nSPS) is 10.5. The number of carbonyl (C=O) groups is 1. The van der Waals surface area contributed by atoms with Gasteiger partial charge in [-0.3, -0.25) is 4.79 Å². The maximum absolute atomic E-state index is 13.4. The molecule has 0 aliphatic rings. The molecule has 21 heavy (non-hydrogen) atoms. The van der Waals surface area contributed by atoms with Crippen LogP contribution in [0, 0.1) is 12.7 Å². The third-order valence-electron chi connectivity index (χ3n) is 2.71. The van der Waals surface area contributed by atoms with E-state index in [0.717, 1.165) is 7.11 Å². The van der Waals surface area contributed by atoms with Crippen LogP contribution in [0.15, 0.2) is 23.1 Å². The van der Waals surface area contributed by atoms with Crippen LogP contribution in [-0.2, 0) is 4.74 Å². The summed E-state index contributed by atoms with van der Waals surface area (Å²) < 4.78 is 19.1. The van der Waals surface area contributed by atoms with Gasteiger partial charge in [0, 0.05) is 11.8 Å². The minimum absolute atomic E-state index is 0.199. The molecule has 1 aromatic carbocycles. The number of carbonyl (C=O) groups excluding carboxylic acids is 1. The largest absolute Gasteiger partial charge is 0.464 e. The average Bonchev–Trinajstić information content (AvgIpc) is 2.46. The number of methoxy groups -OCH3 is 1. The zero-order chi connectivity index (χ0) is 15.7. The van der Waals surface area contributed by atoms with Crippen molar-refractivity contribution in [2.24, 2.45) is 0 Å². The highest BCUT2D eigenvalue weighted by atomic mass is 35.5. The van der Waals surface area contributed by atoms with Gasteiger partial charge in [0.2, 0.25) is 11.1 Å². The standard InChI is InChI=1S/C13H9Cl2FN2O3/c1-6-5-18(17-11(12(6)19)13(20)21-2)7-3-8(14)10(16)9(15)4-7/h3-5H,1-2H3. The number of rotatable bonds is 2. The zero-order valence-corrected chi connectivity index (χ0v) is 12.5. The highest BCUT2D eigenvalue weighted by molar-refractivity contribution is 6.35. The Hall–Kier alpha value is -1.92. The molecular weight excluding hydrogens is 322 g/mol. The maximum Gasteiger partial charge on any atom is 0.362 e. The van der Waals surface area contributed by atoms with Crippen LogP contribution in [-0.4, -0.2) is 22.9 Å². The number of halogens is 3. The van der Waals surface area contributed by atoms with Gasteiger partial charge in [0.25, 0.3) is 0 Å². The number of aryl methyl sites for hydroxylation is 1. The van der Waals surface area contributed by atoms with Crippen molar-refractivity contribution in [3.63, 3.8) is 0 Å². The smallest absolute Gasteiger partial charge is 0.362 e. The van der Waals surface area contributed by atoms with Crippen LogP contribution >= 0.6 is 23.2 Å². The molecule has 5 nitrogen and oxygen atoms in total. The van der Waals surface area contributed by atoms with E-state index in [9.17, 15) is 14.0 Å². The van der Waals surface area contributed by atoms with Gasteiger partial charge in [0.15, 0.2) is 5.82 Å². The highest BCUT2D eigenvalue weighted by Gasteiger charge is 2.17. The zero-order valence-electron chi connectivity index (χ0n) is 11.0. The first-order valence-electron chi connectivity index (χ1n) is 5.69. The molecule has 0 N–H and O–H groups in total. The van der Waals surface area contributed by atoms with Crippen molar-refractivity contribution in [1.29, 1.82) is 0 Å². The van der Waals surface area contributed by atoms with Gasteiger partial charge >= 0.3 is 5.97 Å². The molecule has 2 aromatic rings. The molecule has 1 heterocycles. The Morgan fingerprint density at radius 1 is 1.33 bits per heavy atom. The van der Waals surface area contributed by atoms with Gasteiger partial charge < -0.3 is 4.74 Å². The van der Waals surface area contributed by atoms with E-state index in [2.05, 4.69) is 9.84 Å². The lowest BCUT2D eigenvalue weighted by molar-refractivity contribution is 0.0590. The van der Waals surface area contributed by atoms with Gasteiger partial charge in [-0.1, -0.05) is 23.2 Å². The Morgan fingerprint density at radius 3 is 2.43 bits per heavy atom. The van der Waals surface area contributed by atoms with Crippen molar-refractivity contribution in [3.05, 3.63) is 55.7 Å². The predicted molar refractivity (Wildman–Crippen MR) is 75.9 cm³/mol. The fourth-order valence-corrected chi connectivity index (χ4v) is 2.12. The summed E-state index contributed by atoms with van der Waals surface area (Å²) in [6.07, 6.45) is 1.38. The van der Waals surface area contributed by atoms with Gasteiger partial charge in [-0.25, -0.2) is 13.9 Å². The number of aromatic nitrogens is 2. The van der Waals surface area contributed by atoms with Crippen LogP contribution in [0.25, 0.3) is 5.69 Å². The average molecular weight is 331 g/mol. The fraction of sp³-hybridized carbons (Fsp3) is 0.154. The summed E-state index contributed by atoms with van der Waals surface area (Å²) in [6, 6.07) is 2.56.